The van der Waals surface area contributed by atoms with Crippen molar-refractivity contribution in [1.82, 2.24) is 14.9 Å². The predicted molar refractivity (Wildman–Crippen MR) is 116 cm³/mol. The van der Waals surface area contributed by atoms with Crippen LogP contribution in [0.2, 0.25) is 5.15 Å². The predicted octanol–water partition coefficient (Wildman–Crippen LogP) is 3.65. The van der Waals surface area contributed by atoms with Gasteiger partial charge in [0.05, 0.1) is 12.3 Å². The summed E-state index contributed by atoms with van der Waals surface area (Å²) in [5.74, 6) is -0.683. The summed E-state index contributed by atoms with van der Waals surface area (Å²) in [5.41, 5.74) is 1.25. The Labute approximate surface area is 182 Å². The molecule has 0 aliphatic heterocycles. The number of carboxylic acids is 1. The summed E-state index contributed by atoms with van der Waals surface area (Å²) in [4.78, 5) is 28.4. The lowest BCUT2D eigenvalue weighted by Crippen LogP contribution is -2.49. The third-order valence-corrected chi connectivity index (χ3v) is 5.25. The van der Waals surface area contributed by atoms with Crippen LogP contribution in [0.3, 0.4) is 0 Å². The molecule has 1 aromatic carbocycles. The minimum Gasteiger partial charge on any atom is -0.480 e. The van der Waals surface area contributed by atoms with E-state index >= 15 is 0 Å². The van der Waals surface area contributed by atoms with Crippen LogP contribution in [-0.2, 0) is 24.4 Å². The smallest absolute Gasteiger partial charge is 0.326 e. The molecule has 30 heavy (non-hydrogen) atoms. The summed E-state index contributed by atoms with van der Waals surface area (Å²) >= 11 is 6.18. The van der Waals surface area contributed by atoms with Crippen molar-refractivity contribution in [2.75, 3.05) is 0 Å². The van der Waals surface area contributed by atoms with Crippen molar-refractivity contribution in [1.29, 1.82) is 0 Å². The zero-order valence-corrected chi connectivity index (χ0v) is 18.7. The number of hydrogen-bond acceptors (Lipinski definition) is 4. The first-order valence-corrected chi connectivity index (χ1v) is 10.4. The van der Waals surface area contributed by atoms with E-state index in [1.807, 2.05) is 4.57 Å². The molecule has 1 amide bonds. The maximum absolute atomic E-state index is 12.5. The number of unbranched alkanes of at least 4 members (excludes halogenated alkanes) is 1. The van der Waals surface area contributed by atoms with Crippen molar-refractivity contribution in [3.05, 3.63) is 52.1 Å². The Morgan fingerprint density at radius 3 is 2.37 bits per heavy atom. The van der Waals surface area contributed by atoms with E-state index in [1.165, 1.54) is 0 Å². The Hall–Kier alpha value is -2.38. The number of carboxylic acid groups (broad SMARTS) is 1. The Morgan fingerprint density at radius 1 is 1.23 bits per heavy atom. The third-order valence-electron chi connectivity index (χ3n) is 4.95. The van der Waals surface area contributed by atoms with Gasteiger partial charge in [-0.05, 0) is 29.5 Å². The fraction of sp³-hybridized carbons (Fsp3) is 0.500. The number of benzene rings is 1. The highest BCUT2D eigenvalue weighted by atomic mass is 35.5. The molecule has 3 N–H and O–H groups in total. The number of halogens is 1. The summed E-state index contributed by atoms with van der Waals surface area (Å²) in [5, 5.41) is 22.0. The van der Waals surface area contributed by atoms with Crippen molar-refractivity contribution in [3.63, 3.8) is 0 Å². The van der Waals surface area contributed by atoms with Crippen LogP contribution in [-0.4, -0.2) is 37.7 Å². The lowest BCUT2D eigenvalue weighted by molar-refractivity contribution is -0.142. The number of aliphatic hydroxyl groups is 1. The average molecular weight is 436 g/mol. The SMILES string of the molecule is CCCCc1nc(Cl)c(CO)n1Cc1ccc(C(=O)N[C@H](C(=O)O)C(C)(C)C)cc1. The molecule has 0 saturated carbocycles. The Morgan fingerprint density at radius 2 is 1.87 bits per heavy atom. The lowest BCUT2D eigenvalue weighted by Gasteiger charge is -2.27. The number of nitrogens with zero attached hydrogens (tertiary/aromatic N) is 2. The molecule has 0 unspecified atom stereocenters. The minimum atomic E-state index is -1.07. The quantitative estimate of drug-likeness (QED) is 0.557. The number of rotatable bonds is 9. The summed E-state index contributed by atoms with van der Waals surface area (Å²) in [6.45, 7) is 7.65. The highest BCUT2D eigenvalue weighted by Crippen LogP contribution is 2.22. The van der Waals surface area contributed by atoms with Gasteiger partial charge in [0.15, 0.2) is 5.15 Å². The number of hydrogen-bond donors (Lipinski definition) is 3. The molecule has 1 heterocycles. The lowest BCUT2D eigenvalue weighted by atomic mass is 9.86. The summed E-state index contributed by atoms with van der Waals surface area (Å²) in [6, 6.07) is 5.94. The number of aliphatic carboxylic acids is 1. The molecule has 0 aliphatic carbocycles. The number of nitrogens with one attached hydrogen (secondary N) is 1. The van der Waals surface area contributed by atoms with E-state index in [0.29, 0.717) is 23.0 Å². The zero-order valence-electron chi connectivity index (χ0n) is 17.9. The van der Waals surface area contributed by atoms with E-state index in [4.69, 9.17) is 11.6 Å². The molecule has 8 heteroatoms. The van der Waals surface area contributed by atoms with E-state index in [-0.39, 0.29) is 6.61 Å². The van der Waals surface area contributed by atoms with Crippen LogP contribution < -0.4 is 5.32 Å². The van der Waals surface area contributed by atoms with Crippen molar-refractivity contribution < 1.29 is 19.8 Å². The van der Waals surface area contributed by atoms with Crippen LogP contribution in [0.25, 0.3) is 0 Å². The van der Waals surface area contributed by atoms with Crippen LogP contribution >= 0.6 is 11.6 Å². The molecule has 7 nitrogen and oxygen atoms in total. The number of carbonyl (C=O) groups excluding carboxylic acids is 1. The normalized spacial score (nSPS) is 12.6. The number of aryl methyl sites for hydroxylation is 1. The molecule has 0 bridgehead atoms. The molecule has 1 atom stereocenters. The van der Waals surface area contributed by atoms with Crippen molar-refractivity contribution in [2.45, 2.75) is 66.2 Å². The van der Waals surface area contributed by atoms with Gasteiger partial charge in [-0.25, -0.2) is 9.78 Å². The Balaban J connectivity index is 2.19. The molecule has 2 rings (SSSR count). The highest BCUT2D eigenvalue weighted by Gasteiger charge is 2.32. The first-order chi connectivity index (χ1) is 14.1. The Bertz CT molecular complexity index is 885. The first-order valence-electron chi connectivity index (χ1n) is 10.1. The number of aliphatic hydroxyl groups excluding tert-OH is 1. The van der Waals surface area contributed by atoms with Crippen LogP contribution in [0.5, 0.6) is 0 Å². The molecule has 2 aromatic rings. The van der Waals surface area contributed by atoms with Gasteiger partial charge in [-0.2, -0.15) is 0 Å². The molecular formula is C22H30ClN3O4. The van der Waals surface area contributed by atoms with Gasteiger partial charge in [-0.3, -0.25) is 4.79 Å². The standard InChI is InChI=1S/C22H30ClN3O4/c1-5-6-7-17-24-19(23)16(13-27)26(17)12-14-8-10-15(11-9-14)20(28)25-18(21(29)30)22(2,3)4/h8-11,18,27H,5-7,12-13H2,1-4H3,(H,25,28)(H,29,30)/t18-/m1/s1. The fourth-order valence-corrected chi connectivity index (χ4v) is 3.43. The largest absolute Gasteiger partial charge is 0.480 e. The molecule has 164 valence electrons. The molecule has 0 radical (unpaired) electrons. The van der Waals surface area contributed by atoms with E-state index in [9.17, 15) is 19.8 Å². The number of amides is 1. The molecule has 0 saturated heterocycles. The maximum Gasteiger partial charge on any atom is 0.326 e. The summed E-state index contributed by atoms with van der Waals surface area (Å²) in [6.07, 6.45) is 2.75. The summed E-state index contributed by atoms with van der Waals surface area (Å²) < 4.78 is 1.91. The van der Waals surface area contributed by atoms with Gasteiger partial charge in [0.25, 0.3) is 5.91 Å². The first kappa shape index (κ1) is 23.9. The van der Waals surface area contributed by atoms with Gasteiger partial charge in [-0.1, -0.05) is 57.8 Å². The fourth-order valence-electron chi connectivity index (χ4n) is 3.18. The number of carbonyl (C=O) groups is 2. The second-order valence-corrected chi connectivity index (χ2v) is 8.78. The van der Waals surface area contributed by atoms with E-state index < -0.39 is 23.3 Å². The molecule has 0 aliphatic rings. The zero-order chi connectivity index (χ0) is 22.5. The molecule has 0 fully saturated rings. The summed E-state index contributed by atoms with van der Waals surface area (Å²) in [7, 11) is 0. The van der Waals surface area contributed by atoms with Crippen LogP contribution in [0.15, 0.2) is 24.3 Å². The van der Waals surface area contributed by atoms with Crippen molar-refractivity contribution in [3.8, 4) is 0 Å². The molecule has 0 spiro atoms. The average Bonchev–Trinajstić information content (AvgIpc) is 2.97. The van der Waals surface area contributed by atoms with Crippen molar-refractivity contribution >= 4 is 23.5 Å². The third kappa shape index (κ3) is 5.83. The van der Waals surface area contributed by atoms with E-state index in [0.717, 1.165) is 30.7 Å². The van der Waals surface area contributed by atoms with Gasteiger partial charge in [0, 0.05) is 18.5 Å². The molecule has 1 aromatic heterocycles. The highest BCUT2D eigenvalue weighted by molar-refractivity contribution is 6.30. The van der Waals surface area contributed by atoms with Gasteiger partial charge >= 0.3 is 5.97 Å². The topological polar surface area (TPSA) is 104 Å². The Kier molecular flexibility index (Phi) is 8.03. The van der Waals surface area contributed by atoms with Crippen LogP contribution in [0.4, 0.5) is 0 Å². The monoisotopic (exact) mass is 435 g/mol. The van der Waals surface area contributed by atoms with Gasteiger partial charge in [0.1, 0.15) is 11.9 Å². The van der Waals surface area contributed by atoms with Crippen LogP contribution in [0.1, 0.15) is 68.0 Å². The number of aromatic nitrogens is 2. The van der Waals surface area contributed by atoms with Crippen LogP contribution in [0, 0.1) is 5.41 Å². The van der Waals surface area contributed by atoms with E-state index in [1.54, 1.807) is 45.0 Å². The minimum absolute atomic E-state index is 0.207. The van der Waals surface area contributed by atoms with Gasteiger partial charge in [-0.15, -0.1) is 0 Å². The molecular weight excluding hydrogens is 406 g/mol. The van der Waals surface area contributed by atoms with Gasteiger partial charge < -0.3 is 20.1 Å². The number of imidazole rings is 1. The van der Waals surface area contributed by atoms with Gasteiger partial charge in [0.2, 0.25) is 0 Å². The second-order valence-electron chi connectivity index (χ2n) is 8.42. The second kappa shape index (κ2) is 10.1. The maximum atomic E-state index is 12.5. The van der Waals surface area contributed by atoms with E-state index in [2.05, 4.69) is 17.2 Å². The van der Waals surface area contributed by atoms with Crippen molar-refractivity contribution in [2.24, 2.45) is 5.41 Å².